The SMILES string of the molecule is CCCC(NC1CCCc2cc(OC)ccc21)C(=O)O. The number of benzene rings is 1. The Labute approximate surface area is 120 Å². The van der Waals surface area contributed by atoms with Crippen molar-refractivity contribution in [1.82, 2.24) is 5.32 Å². The van der Waals surface area contributed by atoms with Crippen molar-refractivity contribution in [3.63, 3.8) is 0 Å². The number of nitrogens with one attached hydrogen (secondary N) is 1. The van der Waals surface area contributed by atoms with Gasteiger partial charge in [-0.1, -0.05) is 19.4 Å². The lowest BCUT2D eigenvalue weighted by molar-refractivity contribution is -0.140. The third kappa shape index (κ3) is 3.31. The van der Waals surface area contributed by atoms with Gasteiger partial charge in [0.25, 0.3) is 0 Å². The molecule has 2 atom stereocenters. The molecule has 0 radical (unpaired) electrons. The predicted molar refractivity (Wildman–Crippen MR) is 78.1 cm³/mol. The van der Waals surface area contributed by atoms with Crippen LogP contribution in [0.3, 0.4) is 0 Å². The first kappa shape index (κ1) is 14.9. The van der Waals surface area contributed by atoms with E-state index in [1.165, 1.54) is 11.1 Å². The van der Waals surface area contributed by atoms with Crippen molar-refractivity contribution in [3.8, 4) is 5.75 Å². The molecule has 1 aromatic rings. The minimum atomic E-state index is -0.757. The Balaban J connectivity index is 2.17. The molecule has 0 bridgehead atoms. The number of carbonyl (C=O) groups is 1. The van der Waals surface area contributed by atoms with Crippen LogP contribution >= 0.6 is 0 Å². The van der Waals surface area contributed by atoms with Crippen LogP contribution in [0.25, 0.3) is 0 Å². The molecule has 0 aromatic heterocycles. The molecule has 0 spiro atoms. The van der Waals surface area contributed by atoms with Crippen molar-refractivity contribution < 1.29 is 14.6 Å². The quantitative estimate of drug-likeness (QED) is 0.839. The number of aryl methyl sites for hydroxylation is 1. The second kappa shape index (κ2) is 6.75. The number of aliphatic carboxylic acids is 1. The summed E-state index contributed by atoms with van der Waals surface area (Å²) < 4.78 is 5.26. The fourth-order valence-corrected chi connectivity index (χ4v) is 2.90. The summed E-state index contributed by atoms with van der Waals surface area (Å²) in [6.45, 7) is 2.01. The number of methoxy groups -OCH3 is 1. The summed E-state index contributed by atoms with van der Waals surface area (Å²) in [6, 6.07) is 5.76. The van der Waals surface area contributed by atoms with Gasteiger partial charge in [0, 0.05) is 6.04 Å². The largest absolute Gasteiger partial charge is 0.497 e. The number of fused-ring (bicyclic) bond motifs is 1. The van der Waals surface area contributed by atoms with Gasteiger partial charge in [-0.05, 0) is 48.9 Å². The maximum Gasteiger partial charge on any atom is 0.320 e. The molecule has 0 fully saturated rings. The minimum absolute atomic E-state index is 0.136. The van der Waals surface area contributed by atoms with Gasteiger partial charge >= 0.3 is 5.97 Å². The average molecular weight is 277 g/mol. The Bertz CT molecular complexity index is 473. The van der Waals surface area contributed by atoms with Crippen molar-refractivity contribution in [2.45, 2.75) is 51.1 Å². The summed E-state index contributed by atoms with van der Waals surface area (Å²) >= 11 is 0. The third-order valence-electron chi connectivity index (χ3n) is 3.94. The van der Waals surface area contributed by atoms with Crippen molar-refractivity contribution in [2.75, 3.05) is 7.11 Å². The Kier molecular flexibility index (Phi) is 5.01. The Morgan fingerprint density at radius 1 is 1.55 bits per heavy atom. The van der Waals surface area contributed by atoms with E-state index in [4.69, 9.17) is 4.74 Å². The first-order chi connectivity index (χ1) is 9.65. The van der Waals surface area contributed by atoms with E-state index in [1.807, 2.05) is 13.0 Å². The molecule has 0 aliphatic heterocycles. The minimum Gasteiger partial charge on any atom is -0.497 e. The first-order valence-corrected chi connectivity index (χ1v) is 7.31. The van der Waals surface area contributed by atoms with E-state index in [-0.39, 0.29) is 6.04 Å². The molecule has 0 amide bonds. The molecular weight excluding hydrogens is 254 g/mol. The van der Waals surface area contributed by atoms with Gasteiger partial charge in [-0.25, -0.2) is 0 Å². The maximum atomic E-state index is 11.3. The second-order valence-corrected chi connectivity index (χ2v) is 5.36. The third-order valence-corrected chi connectivity index (χ3v) is 3.94. The predicted octanol–water partition coefficient (Wildman–Crippen LogP) is 2.92. The lowest BCUT2D eigenvalue weighted by Crippen LogP contribution is -2.40. The van der Waals surface area contributed by atoms with E-state index < -0.39 is 12.0 Å². The van der Waals surface area contributed by atoms with Gasteiger partial charge in [-0.15, -0.1) is 0 Å². The summed E-state index contributed by atoms with van der Waals surface area (Å²) in [4.78, 5) is 11.3. The number of rotatable bonds is 6. The van der Waals surface area contributed by atoms with Gasteiger partial charge in [-0.3, -0.25) is 10.1 Å². The molecule has 1 aliphatic rings. The molecule has 4 heteroatoms. The highest BCUT2D eigenvalue weighted by Gasteiger charge is 2.25. The molecule has 2 N–H and O–H groups in total. The highest BCUT2D eigenvalue weighted by atomic mass is 16.5. The van der Waals surface area contributed by atoms with Crippen LogP contribution in [0.15, 0.2) is 18.2 Å². The lowest BCUT2D eigenvalue weighted by Gasteiger charge is -2.29. The summed E-state index contributed by atoms with van der Waals surface area (Å²) in [5.41, 5.74) is 2.49. The zero-order chi connectivity index (χ0) is 14.5. The van der Waals surface area contributed by atoms with Crippen molar-refractivity contribution in [3.05, 3.63) is 29.3 Å². The molecule has 1 aliphatic carbocycles. The Morgan fingerprint density at radius 2 is 2.35 bits per heavy atom. The van der Waals surface area contributed by atoms with Crippen LogP contribution in [0.4, 0.5) is 0 Å². The van der Waals surface area contributed by atoms with E-state index in [9.17, 15) is 9.90 Å². The molecule has 1 aromatic carbocycles. The van der Waals surface area contributed by atoms with Crippen LogP contribution in [-0.4, -0.2) is 24.2 Å². The van der Waals surface area contributed by atoms with E-state index in [1.54, 1.807) is 7.11 Å². The number of hydrogen-bond donors (Lipinski definition) is 2. The average Bonchev–Trinajstić information content (AvgIpc) is 2.46. The standard InChI is InChI=1S/C16H23NO3/c1-3-5-15(16(18)19)17-14-7-4-6-11-10-12(20-2)8-9-13(11)14/h8-10,14-15,17H,3-7H2,1-2H3,(H,18,19). The molecular formula is C16H23NO3. The molecule has 2 unspecified atom stereocenters. The number of carboxylic acid groups (broad SMARTS) is 1. The van der Waals surface area contributed by atoms with Gasteiger partial charge < -0.3 is 9.84 Å². The van der Waals surface area contributed by atoms with E-state index >= 15 is 0 Å². The summed E-state index contributed by atoms with van der Waals surface area (Å²) in [6.07, 6.45) is 4.64. The summed E-state index contributed by atoms with van der Waals surface area (Å²) in [5.74, 6) is 0.111. The van der Waals surface area contributed by atoms with E-state index in [2.05, 4.69) is 17.4 Å². The number of carboxylic acids is 1. The summed E-state index contributed by atoms with van der Waals surface area (Å²) in [7, 11) is 1.67. The van der Waals surface area contributed by atoms with Gasteiger partial charge in [0.15, 0.2) is 0 Å². The second-order valence-electron chi connectivity index (χ2n) is 5.36. The first-order valence-electron chi connectivity index (χ1n) is 7.31. The lowest BCUT2D eigenvalue weighted by atomic mass is 9.87. The molecule has 20 heavy (non-hydrogen) atoms. The molecule has 2 rings (SSSR count). The van der Waals surface area contributed by atoms with Gasteiger partial charge in [0.2, 0.25) is 0 Å². The highest BCUT2D eigenvalue weighted by Crippen LogP contribution is 2.32. The normalized spacial score (nSPS) is 19.2. The van der Waals surface area contributed by atoms with Crippen LogP contribution in [0.5, 0.6) is 5.75 Å². The van der Waals surface area contributed by atoms with Crippen LogP contribution in [0.1, 0.15) is 49.8 Å². The van der Waals surface area contributed by atoms with Crippen molar-refractivity contribution in [1.29, 1.82) is 0 Å². The van der Waals surface area contributed by atoms with E-state index in [0.29, 0.717) is 6.42 Å². The molecule has 0 heterocycles. The fourth-order valence-electron chi connectivity index (χ4n) is 2.90. The van der Waals surface area contributed by atoms with Crippen LogP contribution < -0.4 is 10.1 Å². The van der Waals surface area contributed by atoms with Gasteiger partial charge in [0.05, 0.1) is 7.11 Å². The monoisotopic (exact) mass is 277 g/mol. The Morgan fingerprint density at radius 3 is 3.00 bits per heavy atom. The van der Waals surface area contributed by atoms with Crippen molar-refractivity contribution >= 4 is 5.97 Å². The van der Waals surface area contributed by atoms with Gasteiger partial charge in [-0.2, -0.15) is 0 Å². The number of hydrogen-bond acceptors (Lipinski definition) is 3. The topological polar surface area (TPSA) is 58.6 Å². The van der Waals surface area contributed by atoms with Crippen LogP contribution in [-0.2, 0) is 11.2 Å². The highest BCUT2D eigenvalue weighted by molar-refractivity contribution is 5.73. The fraction of sp³-hybridized carbons (Fsp3) is 0.562. The van der Waals surface area contributed by atoms with Crippen LogP contribution in [0.2, 0.25) is 0 Å². The smallest absolute Gasteiger partial charge is 0.320 e. The van der Waals surface area contributed by atoms with Gasteiger partial charge in [0.1, 0.15) is 11.8 Å². The Hall–Kier alpha value is -1.55. The molecule has 110 valence electrons. The van der Waals surface area contributed by atoms with E-state index in [0.717, 1.165) is 31.4 Å². The van der Waals surface area contributed by atoms with Crippen LogP contribution in [0, 0.1) is 0 Å². The molecule has 0 saturated heterocycles. The number of ether oxygens (including phenoxy) is 1. The molecule has 0 saturated carbocycles. The maximum absolute atomic E-state index is 11.3. The zero-order valence-corrected chi connectivity index (χ0v) is 12.2. The van der Waals surface area contributed by atoms with Crippen molar-refractivity contribution in [2.24, 2.45) is 0 Å². The molecule has 4 nitrogen and oxygen atoms in total. The summed E-state index contributed by atoms with van der Waals surface area (Å²) in [5, 5.41) is 12.6. The zero-order valence-electron chi connectivity index (χ0n) is 12.2.